The molecule has 0 fully saturated rings. The predicted octanol–water partition coefficient (Wildman–Crippen LogP) is 3.83. The number of amides is 1. The Labute approximate surface area is 132 Å². The average molecular weight is 313 g/mol. The minimum atomic E-state index is 0.0116. The first-order valence-corrected chi connectivity index (χ1v) is 7.82. The highest BCUT2D eigenvalue weighted by molar-refractivity contribution is 6.32. The molecule has 4 nitrogen and oxygen atoms in total. The number of methoxy groups -OCH3 is 1. The molecule has 1 unspecified atom stereocenters. The monoisotopic (exact) mass is 312 g/mol. The lowest BCUT2D eigenvalue weighted by molar-refractivity contribution is -0.116. The minimum absolute atomic E-state index is 0.0116. The first-order valence-electron chi connectivity index (χ1n) is 7.44. The Morgan fingerprint density at radius 1 is 1.38 bits per heavy atom. The highest BCUT2D eigenvalue weighted by Gasteiger charge is 2.11. The molecule has 0 radical (unpaired) electrons. The first-order chi connectivity index (χ1) is 10.1. The van der Waals surface area contributed by atoms with Gasteiger partial charge in [0, 0.05) is 18.2 Å². The Kier molecular flexibility index (Phi) is 8.16. The van der Waals surface area contributed by atoms with Crippen LogP contribution in [0.4, 0.5) is 5.69 Å². The molecule has 21 heavy (non-hydrogen) atoms. The van der Waals surface area contributed by atoms with Crippen LogP contribution < -0.4 is 15.8 Å². The second-order valence-electron chi connectivity index (χ2n) is 5.17. The van der Waals surface area contributed by atoms with E-state index in [9.17, 15) is 4.79 Å². The van der Waals surface area contributed by atoms with Crippen LogP contribution in [0.1, 0.15) is 39.0 Å². The molecular weight excluding hydrogens is 288 g/mol. The van der Waals surface area contributed by atoms with Crippen molar-refractivity contribution in [2.75, 3.05) is 19.0 Å². The molecule has 5 heteroatoms. The normalized spacial score (nSPS) is 12.0. The SMILES string of the molecule is CCCC(CCN)CCC(=O)Nc1ccc(Cl)c(OC)c1. The molecule has 0 aliphatic rings. The van der Waals surface area contributed by atoms with Gasteiger partial charge in [0.1, 0.15) is 5.75 Å². The van der Waals surface area contributed by atoms with Crippen molar-refractivity contribution in [2.24, 2.45) is 11.7 Å². The number of hydrogen-bond donors (Lipinski definition) is 2. The zero-order valence-electron chi connectivity index (χ0n) is 12.8. The van der Waals surface area contributed by atoms with Crippen molar-refractivity contribution >= 4 is 23.2 Å². The number of benzene rings is 1. The number of halogens is 1. The summed E-state index contributed by atoms with van der Waals surface area (Å²) >= 11 is 5.96. The van der Waals surface area contributed by atoms with Gasteiger partial charge in [0.2, 0.25) is 5.91 Å². The summed E-state index contributed by atoms with van der Waals surface area (Å²) in [6, 6.07) is 5.21. The Balaban J connectivity index is 2.49. The van der Waals surface area contributed by atoms with Crippen LogP contribution in [0.2, 0.25) is 5.02 Å². The molecule has 0 aliphatic heterocycles. The van der Waals surface area contributed by atoms with E-state index in [0.717, 1.165) is 25.7 Å². The number of ether oxygens (including phenoxy) is 1. The highest BCUT2D eigenvalue weighted by Crippen LogP contribution is 2.27. The number of nitrogens with two attached hydrogens (primary N) is 1. The smallest absolute Gasteiger partial charge is 0.224 e. The largest absolute Gasteiger partial charge is 0.495 e. The maximum atomic E-state index is 12.0. The molecule has 0 saturated carbocycles. The van der Waals surface area contributed by atoms with Crippen molar-refractivity contribution in [3.8, 4) is 5.75 Å². The second kappa shape index (κ2) is 9.64. The van der Waals surface area contributed by atoms with Crippen molar-refractivity contribution in [3.63, 3.8) is 0 Å². The molecule has 0 heterocycles. The summed E-state index contributed by atoms with van der Waals surface area (Å²) in [4.78, 5) is 12.0. The minimum Gasteiger partial charge on any atom is -0.495 e. The van der Waals surface area contributed by atoms with Gasteiger partial charge in [-0.25, -0.2) is 0 Å². The Morgan fingerprint density at radius 2 is 2.14 bits per heavy atom. The lowest BCUT2D eigenvalue weighted by Crippen LogP contribution is -2.15. The summed E-state index contributed by atoms with van der Waals surface area (Å²) in [5, 5.41) is 3.40. The van der Waals surface area contributed by atoms with Gasteiger partial charge >= 0.3 is 0 Å². The molecule has 1 atom stereocenters. The number of anilines is 1. The lowest BCUT2D eigenvalue weighted by Gasteiger charge is -2.15. The summed E-state index contributed by atoms with van der Waals surface area (Å²) in [5.41, 5.74) is 6.31. The Bertz CT molecular complexity index is 446. The molecule has 1 amide bonds. The van der Waals surface area contributed by atoms with Crippen molar-refractivity contribution in [3.05, 3.63) is 23.2 Å². The Hall–Kier alpha value is -1.26. The van der Waals surface area contributed by atoms with E-state index in [-0.39, 0.29) is 5.91 Å². The van der Waals surface area contributed by atoms with E-state index in [2.05, 4.69) is 12.2 Å². The van der Waals surface area contributed by atoms with Crippen LogP contribution in [-0.2, 0) is 4.79 Å². The van der Waals surface area contributed by atoms with Gasteiger partial charge in [0.15, 0.2) is 0 Å². The summed E-state index contributed by atoms with van der Waals surface area (Å²) in [6.45, 7) is 2.84. The molecule has 0 bridgehead atoms. The van der Waals surface area contributed by atoms with Crippen LogP contribution in [0.15, 0.2) is 18.2 Å². The third-order valence-corrected chi connectivity index (χ3v) is 3.80. The maximum absolute atomic E-state index is 12.0. The first kappa shape index (κ1) is 17.8. The molecule has 0 aliphatic carbocycles. The molecule has 3 N–H and O–H groups in total. The maximum Gasteiger partial charge on any atom is 0.224 e. The van der Waals surface area contributed by atoms with Crippen molar-refractivity contribution in [1.82, 2.24) is 0 Å². The molecular formula is C16H25ClN2O2. The third kappa shape index (κ3) is 6.36. The molecule has 1 rings (SSSR count). The average Bonchev–Trinajstić information content (AvgIpc) is 2.47. The number of rotatable bonds is 9. The summed E-state index contributed by atoms with van der Waals surface area (Å²) in [5.74, 6) is 1.10. The zero-order valence-corrected chi connectivity index (χ0v) is 13.6. The van der Waals surface area contributed by atoms with Gasteiger partial charge in [-0.05, 0) is 37.4 Å². The molecule has 0 aromatic heterocycles. The van der Waals surface area contributed by atoms with Crippen LogP contribution in [0, 0.1) is 5.92 Å². The van der Waals surface area contributed by atoms with Crippen molar-refractivity contribution in [1.29, 1.82) is 0 Å². The summed E-state index contributed by atoms with van der Waals surface area (Å²) in [7, 11) is 1.55. The van der Waals surface area contributed by atoms with Crippen LogP contribution in [0.5, 0.6) is 5.75 Å². The van der Waals surface area contributed by atoms with Gasteiger partial charge in [0.05, 0.1) is 12.1 Å². The van der Waals surface area contributed by atoms with E-state index in [0.29, 0.717) is 35.3 Å². The van der Waals surface area contributed by atoms with Gasteiger partial charge in [-0.3, -0.25) is 4.79 Å². The molecule has 118 valence electrons. The van der Waals surface area contributed by atoms with E-state index in [1.807, 2.05) is 0 Å². The molecule has 1 aromatic carbocycles. The standard InChI is InChI=1S/C16H25ClN2O2/c1-3-4-12(9-10-18)5-8-16(20)19-13-6-7-14(17)15(11-13)21-2/h6-7,11-12H,3-5,8-10,18H2,1-2H3,(H,19,20). The molecule has 0 saturated heterocycles. The third-order valence-electron chi connectivity index (χ3n) is 3.49. The summed E-state index contributed by atoms with van der Waals surface area (Å²) in [6.07, 6.45) is 4.62. The highest BCUT2D eigenvalue weighted by atomic mass is 35.5. The van der Waals surface area contributed by atoms with Crippen LogP contribution in [-0.4, -0.2) is 19.6 Å². The van der Waals surface area contributed by atoms with E-state index in [4.69, 9.17) is 22.1 Å². The number of nitrogens with one attached hydrogen (secondary N) is 1. The van der Waals surface area contributed by atoms with E-state index < -0.39 is 0 Å². The number of hydrogen-bond acceptors (Lipinski definition) is 3. The van der Waals surface area contributed by atoms with Gasteiger partial charge in [-0.1, -0.05) is 31.4 Å². The molecule has 1 aromatic rings. The lowest BCUT2D eigenvalue weighted by atomic mass is 9.94. The summed E-state index contributed by atoms with van der Waals surface area (Å²) < 4.78 is 5.13. The number of carbonyl (C=O) groups excluding carboxylic acids is 1. The zero-order chi connectivity index (χ0) is 15.7. The van der Waals surface area contributed by atoms with Gasteiger partial charge in [-0.15, -0.1) is 0 Å². The van der Waals surface area contributed by atoms with Gasteiger partial charge in [0.25, 0.3) is 0 Å². The van der Waals surface area contributed by atoms with E-state index >= 15 is 0 Å². The number of carbonyl (C=O) groups is 1. The fourth-order valence-electron chi connectivity index (χ4n) is 2.37. The van der Waals surface area contributed by atoms with Crippen molar-refractivity contribution in [2.45, 2.75) is 39.0 Å². The van der Waals surface area contributed by atoms with Crippen molar-refractivity contribution < 1.29 is 9.53 Å². The van der Waals surface area contributed by atoms with Gasteiger partial charge < -0.3 is 15.8 Å². The van der Waals surface area contributed by atoms with E-state index in [1.165, 1.54) is 0 Å². The van der Waals surface area contributed by atoms with Crippen LogP contribution >= 0.6 is 11.6 Å². The predicted molar refractivity (Wildman–Crippen MR) is 87.9 cm³/mol. The molecule has 0 spiro atoms. The van der Waals surface area contributed by atoms with Crippen LogP contribution in [0.3, 0.4) is 0 Å². The fraction of sp³-hybridized carbons (Fsp3) is 0.562. The fourth-order valence-corrected chi connectivity index (χ4v) is 2.57. The van der Waals surface area contributed by atoms with Crippen LogP contribution in [0.25, 0.3) is 0 Å². The second-order valence-corrected chi connectivity index (χ2v) is 5.58. The van der Waals surface area contributed by atoms with E-state index in [1.54, 1.807) is 25.3 Å². The topological polar surface area (TPSA) is 64.4 Å². The Morgan fingerprint density at radius 3 is 2.76 bits per heavy atom. The van der Waals surface area contributed by atoms with Gasteiger partial charge in [-0.2, -0.15) is 0 Å². The quantitative estimate of drug-likeness (QED) is 0.728.